The molecule has 0 rings (SSSR count). The van der Waals surface area contributed by atoms with Gasteiger partial charge in [-0.25, -0.2) is 4.79 Å². The fraction of sp³-hybridized carbons (Fsp3) is 0. The first-order valence-electron chi connectivity index (χ1n) is 1.12. The molecule has 0 radical (unpaired) electrons. The Kier molecular flexibility index (Phi) is 45.0. The minimum Gasteiger partial charge on any atom is -1.00 e. The zero-order chi connectivity index (χ0) is 4.28. The Morgan fingerprint density at radius 3 is 1.88 bits per heavy atom. The van der Waals surface area contributed by atoms with Gasteiger partial charge in [-0.15, -0.1) is 0 Å². The Hall–Kier alpha value is 1.10. The van der Waals surface area contributed by atoms with Crippen molar-refractivity contribution in [2.24, 2.45) is 0 Å². The molecule has 0 fully saturated rings. The molecule has 0 unspecified atom stereocenters. The molecular formula is C3H5ClLiNaO2. The van der Waals surface area contributed by atoms with E-state index in [4.69, 9.17) is 5.11 Å². The van der Waals surface area contributed by atoms with Crippen molar-refractivity contribution in [1.29, 1.82) is 0 Å². The quantitative estimate of drug-likeness (QED) is 0.289. The van der Waals surface area contributed by atoms with Crippen LogP contribution in [0.3, 0.4) is 0 Å². The number of carbonyl (C=O) groups is 1. The van der Waals surface area contributed by atoms with Gasteiger partial charge in [0.25, 0.3) is 0 Å². The van der Waals surface area contributed by atoms with Crippen LogP contribution in [0.5, 0.6) is 0 Å². The van der Waals surface area contributed by atoms with Crippen LogP contribution in [0, 0.1) is 0 Å². The second-order valence-electron chi connectivity index (χ2n) is 0.542. The van der Waals surface area contributed by atoms with Gasteiger partial charge in [-0.05, 0) is 0 Å². The Bertz CT molecular complexity index is 72.8. The predicted octanol–water partition coefficient (Wildman–Crippen LogP) is -8.62. The molecule has 0 amide bonds. The predicted molar refractivity (Wildman–Crippen MR) is 18.9 cm³/mol. The maximum atomic E-state index is 9.25. The molecule has 1 N–H and O–H groups in total. The second-order valence-corrected chi connectivity index (χ2v) is 0.542. The SMILES string of the molecule is C=CC(=O)O.[Cl-].[H-].[Li+].[Na+]. The molecular weight excluding hydrogens is 133 g/mol. The van der Waals surface area contributed by atoms with E-state index in [-0.39, 0.29) is 62.3 Å². The van der Waals surface area contributed by atoms with E-state index in [2.05, 4.69) is 6.58 Å². The molecule has 0 saturated carbocycles. The van der Waals surface area contributed by atoms with Crippen LogP contribution in [0.1, 0.15) is 1.43 Å². The summed E-state index contributed by atoms with van der Waals surface area (Å²) < 4.78 is 0. The molecule has 0 saturated heterocycles. The topological polar surface area (TPSA) is 37.3 Å². The first-order chi connectivity index (χ1) is 2.27. The van der Waals surface area contributed by atoms with E-state index in [1.165, 1.54) is 0 Å². The molecule has 0 aliphatic heterocycles. The standard InChI is InChI=1S/C3H4O2.ClH.Li.Na.H/c1-2-3(4)5;;;;/h2H,1H2,(H,4,5);1H;;;/q;;2*+1;-1/p-1. The van der Waals surface area contributed by atoms with Crippen LogP contribution in [-0.2, 0) is 4.79 Å². The van der Waals surface area contributed by atoms with Gasteiger partial charge in [0.15, 0.2) is 0 Å². The Morgan fingerprint density at radius 2 is 1.88 bits per heavy atom. The van der Waals surface area contributed by atoms with E-state index in [0.717, 1.165) is 6.08 Å². The monoisotopic (exact) mass is 138 g/mol. The minimum absolute atomic E-state index is 0. The smallest absolute Gasteiger partial charge is 1.00 e. The summed E-state index contributed by atoms with van der Waals surface area (Å²) in [6.45, 7) is 2.96. The van der Waals surface area contributed by atoms with Gasteiger partial charge in [0.05, 0.1) is 0 Å². The van der Waals surface area contributed by atoms with Crippen LogP contribution < -0.4 is 60.8 Å². The maximum Gasteiger partial charge on any atom is 1.00 e. The molecule has 0 spiro atoms. The third-order valence-corrected chi connectivity index (χ3v) is 0.175. The summed E-state index contributed by atoms with van der Waals surface area (Å²) in [5.74, 6) is -0.981. The number of carboxylic acids is 1. The second kappa shape index (κ2) is 15.7. The zero-order valence-electron chi connectivity index (χ0n) is 6.02. The van der Waals surface area contributed by atoms with Gasteiger partial charge in [-0.3, -0.25) is 0 Å². The Morgan fingerprint density at radius 1 is 1.75 bits per heavy atom. The summed E-state index contributed by atoms with van der Waals surface area (Å²) in [6.07, 6.45) is 0.833. The van der Waals surface area contributed by atoms with Crippen molar-refractivity contribution in [3.05, 3.63) is 12.7 Å². The van der Waals surface area contributed by atoms with Crippen LogP contribution in [0.15, 0.2) is 12.7 Å². The molecule has 0 atom stereocenters. The first kappa shape index (κ1) is 23.0. The van der Waals surface area contributed by atoms with Gasteiger partial charge in [0.1, 0.15) is 0 Å². The maximum absolute atomic E-state index is 9.25. The molecule has 0 aromatic rings. The van der Waals surface area contributed by atoms with E-state index in [1.807, 2.05) is 0 Å². The third-order valence-electron chi connectivity index (χ3n) is 0.175. The van der Waals surface area contributed by atoms with Crippen LogP contribution in [0.25, 0.3) is 0 Å². The van der Waals surface area contributed by atoms with E-state index in [0.29, 0.717) is 0 Å². The molecule has 5 heteroatoms. The minimum atomic E-state index is -0.981. The van der Waals surface area contributed by atoms with Crippen LogP contribution in [-0.4, -0.2) is 11.1 Å². The average molecular weight is 138 g/mol. The average Bonchev–Trinajstić information content (AvgIpc) is 1.38. The van der Waals surface area contributed by atoms with Crippen LogP contribution in [0.2, 0.25) is 0 Å². The Labute approximate surface area is 90.1 Å². The van der Waals surface area contributed by atoms with Gasteiger partial charge in [-0.2, -0.15) is 0 Å². The van der Waals surface area contributed by atoms with Gasteiger partial charge in [0.2, 0.25) is 0 Å². The van der Waals surface area contributed by atoms with Crippen molar-refractivity contribution in [2.75, 3.05) is 0 Å². The van der Waals surface area contributed by atoms with Gasteiger partial charge >= 0.3 is 54.4 Å². The number of rotatable bonds is 1. The van der Waals surface area contributed by atoms with E-state index in [1.54, 1.807) is 0 Å². The first-order valence-corrected chi connectivity index (χ1v) is 1.12. The number of hydrogen-bond donors (Lipinski definition) is 1. The van der Waals surface area contributed by atoms with Gasteiger partial charge < -0.3 is 18.9 Å². The molecule has 0 heterocycles. The van der Waals surface area contributed by atoms with Crippen molar-refractivity contribution >= 4 is 5.97 Å². The fourth-order valence-corrected chi connectivity index (χ4v) is 0. The van der Waals surface area contributed by atoms with Crippen LogP contribution in [0.4, 0.5) is 0 Å². The fourth-order valence-electron chi connectivity index (χ4n) is 0. The molecule has 38 valence electrons. The molecule has 8 heavy (non-hydrogen) atoms. The molecule has 0 aromatic heterocycles. The van der Waals surface area contributed by atoms with Crippen molar-refractivity contribution in [1.82, 2.24) is 0 Å². The number of halogens is 1. The number of carboxylic acid groups (broad SMARTS) is 1. The summed E-state index contributed by atoms with van der Waals surface area (Å²) in [5, 5.41) is 7.60. The van der Waals surface area contributed by atoms with E-state index in [9.17, 15) is 4.79 Å². The van der Waals surface area contributed by atoms with Crippen molar-refractivity contribution in [3.63, 3.8) is 0 Å². The zero-order valence-corrected chi connectivity index (χ0v) is 7.77. The van der Waals surface area contributed by atoms with E-state index >= 15 is 0 Å². The molecule has 0 bridgehead atoms. The summed E-state index contributed by atoms with van der Waals surface area (Å²) >= 11 is 0. The Balaban J connectivity index is -0.0000000133. The summed E-state index contributed by atoms with van der Waals surface area (Å²) in [5.41, 5.74) is 0. The van der Waals surface area contributed by atoms with Crippen molar-refractivity contribution in [3.8, 4) is 0 Å². The number of aliphatic carboxylic acids is 1. The molecule has 0 aromatic carbocycles. The van der Waals surface area contributed by atoms with E-state index < -0.39 is 5.97 Å². The summed E-state index contributed by atoms with van der Waals surface area (Å²) in [6, 6.07) is 0. The van der Waals surface area contributed by atoms with Crippen molar-refractivity contribution < 1.29 is 72.2 Å². The number of hydrogen-bond acceptors (Lipinski definition) is 1. The molecule has 0 aliphatic rings. The molecule has 2 nitrogen and oxygen atoms in total. The van der Waals surface area contributed by atoms with Crippen molar-refractivity contribution in [2.45, 2.75) is 0 Å². The molecule has 0 aliphatic carbocycles. The largest absolute Gasteiger partial charge is 1.00 e. The summed E-state index contributed by atoms with van der Waals surface area (Å²) in [4.78, 5) is 9.25. The normalized spacial score (nSPS) is 4.00. The summed E-state index contributed by atoms with van der Waals surface area (Å²) in [7, 11) is 0. The van der Waals surface area contributed by atoms with Gasteiger partial charge in [-0.1, -0.05) is 6.58 Å². The van der Waals surface area contributed by atoms with Gasteiger partial charge in [0, 0.05) is 6.08 Å². The van der Waals surface area contributed by atoms with Crippen LogP contribution >= 0.6 is 0 Å². The third kappa shape index (κ3) is 27.5.